The van der Waals surface area contributed by atoms with Gasteiger partial charge in [0.15, 0.2) is 0 Å². The SMILES string of the molecule is CC1(C)c2ccccc2-c2ccc(-c3cccc(N(c4ccc(-c5ccccc5)cc4)c4ccc5c6c(cccc46)C54c5cccc6cccc4c56)c3)cc21. The first kappa shape index (κ1) is 30.7. The third-order valence-electron chi connectivity index (χ3n) is 13.0. The molecule has 0 saturated heterocycles. The quantitative estimate of drug-likeness (QED) is 0.173. The van der Waals surface area contributed by atoms with Crippen LogP contribution in [-0.4, -0.2) is 0 Å². The van der Waals surface area contributed by atoms with E-state index >= 15 is 0 Å². The highest BCUT2D eigenvalue weighted by atomic mass is 15.1. The monoisotopic (exact) mass is 699 g/mol. The summed E-state index contributed by atoms with van der Waals surface area (Å²) in [7, 11) is 0. The minimum atomic E-state index is -0.146. The molecule has 0 amide bonds. The molecule has 12 rings (SSSR count). The van der Waals surface area contributed by atoms with E-state index in [0.29, 0.717) is 0 Å². The van der Waals surface area contributed by atoms with Gasteiger partial charge in [-0.05, 0) is 119 Å². The number of fused-ring (bicyclic) bond motifs is 7. The number of benzene rings is 9. The van der Waals surface area contributed by atoms with E-state index in [1.807, 2.05) is 0 Å². The molecule has 55 heavy (non-hydrogen) atoms. The van der Waals surface area contributed by atoms with Crippen molar-refractivity contribution in [2.45, 2.75) is 24.7 Å². The number of hydrogen-bond acceptors (Lipinski definition) is 1. The van der Waals surface area contributed by atoms with Gasteiger partial charge < -0.3 is 4.90 Å². The normalized spacial score (nSPS) is 14.7. The Bertz CT molecular complexity index is 3010. The van der Waals surface area contributed by atoms with E-state index in [2.05, 4.69) is 207 Å². The Morgan fingerprint density at radius 2 is 0.945 bits per heavy atom. The van der Waals surface area contributed by atoms with E-state index in [9.17, 15) is 0 Å². The van der Waals surface area contributed by atoms with E-state index in [-0.39, 0.29) is 10.8 Å². The van der Waals surface area contributed by atoms with Crippen molar-refractivity contribution in [3.63, 3.8) is 0 Å². The first-order chi connectivity index (χ1) is 27.0. The molecule has 0 N–H and O–H groups in total. The second kappa shape index (κ2) is 10.9. The zero-order valence-electron chi connectivity index (χ0n) is 30.8. The van der Waals surface area contributed by atoms with Gasteiger partial charge >= 0.3 is 0 Å². The van der Waals surface area contributed by atoms with Gasteiger partial charge in [-0.2, -0.15) is 0 Å². The van der Waals surface area contributed by atoms with Crippen LogP contribution in [0.3, 0.4) is 0 Å². The van der Waals surface area contributed by atoms with Gasteiger partial charge in [-0.1, -0.05) is 166 Å². The summed E-state index contributed by atoms with van der Waals surface area (Å²) in [5.74, 6) is 0. The zero-order valence-corrected chi connectivity index (χ0v) is 30.8. The lowest BCUT2D eigenvalue weighted by Gasteiger charge is -2.52. The molecule has 0 aromatic heterocycles. The first-order valence-corrected chi connectivity index (χ1v) is 19.4. The molecule has 0 radical (unpaired) electrons. The van der Waals surface area contributed by atoms with E-state index in [0.717, 1.165) is 11.4 Å². The molecular formula is C54H37N. The smallest absolute Gasteiger partial charge is 0.0726 e. The molecule has 0 saturated carbocycles. The number of rotatable bonds is 5. The predicted octanol–water partition coefficient (Wildman–Crippen LogP) is 14.1. The maximum Gasteiger partial charge on any atom is 0.0726 e. The Kier molecular flexibility index (Phi) is 6.11. The molecule has 258 valence electrons. The molecule has 1 spiro atoms. The van der Waals surface area contributed by atoms with Crippen LogP contribution in [0.1, 0.15) is 47.2 Å². The minimum absolute atomic E-state index is 0.0535. The maximum absolute atomic E-state index is 2.47. The summed E-state index contributed by atoms with van der Waals surface area (Å²) in [6.07, 6.45) is 0. The molecule has 3 aliphatic carbocycles. The van der Waals surface area contributed by atoms with Crippen molar-refractivity contribution in [2.24, 2.45) is 0 Å². The highest BCUT2D eigenvalue weighted by Crippen LogP contribution is 2.65. The van der Waals surface area contributed by atoms with Crippen molar-refractivity contribution >= 4 is 38.6 Å². The summed E-state index contributed by atoms with van der Waals surface area (Å²) in [4.78, 5) is 2.47. The Morgan fingerprint density at radius 1 is 0.364 bits per heavy atom. The van der Waals surface area contributed by atoms with Crippen molar-refractivity contribution in [1.82, 2.24) is 0 Å². The molecule has 3 aliphatic rings. The molecular weight excluding hydrogens is 663 g/mol. The van der Waals surface area contributed by atoms with E-state index in [1.165, 1.54) is 94.0 Å². The maximum atomic E-state index is 2.47. The number of nitrogens with zero attached hydrogens (tertiary/aromatic N) is 1. The lowest BCUT2D eigenvalue weighted by molar-refractivity contribution is 0.660. The van der Waals surface area contributed by atoms with Gasteiger partial charge in [-0.15, -0.1) is 0 Å². The Hall–Kier alpha value is -6.70. The molecule has 0 atom stereocenters. The molecule has 0 unspecified atom stereocenters. The Balaban J connectivity index is 1.02. The summed E-state index contributed by atoms with van der Waals surface area (Å²) in [6, 6.07) is 70.2. The van der Waals surface area contributed by atoms with Gasteiger partial charge in [0.2, 0.25) is 0 Å². The number of hydrogen-bond donors (Lipinski definition) is 0. The highest BCUT2D eigenvalue weighted by Gasteiger charge is 2.54. The van der Waals surface area contributed by atoms with Crippen LogP contribution in [0.5, 0.6) is 0 Å². The molecule has 0 bridgehead atoms. The van der Waals surface area contributed by atoms with Crippen LogP contribution < -0.4 is 4.90 Å². The molecule has 9 aromatic carbocycles. The van der Waals surface area contributed by atoms with Gasteiger partial charge in [0.25, 0.3) is 0 Å². The standard InChI is InChI=1S/C54H37N/c1-53(2)44-20-7-6-18-41(44)42-29-26-38(33-49(42)53)37-16-8-17-40(32-37)55(39-27-24-35(25-28-39)34-12-4-3-5-13-34)50-31-30-48-52-43(50)19-11-23-47(52)54(48)45-21-9-14-36-15-10-22-46(54)51(36)45/h3-33H,1-2H3. The van der Waals surface area contributed by atoms with Gasteiger partial charge in [-0.25, -0.2) is 0 Å². The fourth-order valence-corrected chi connectivity index (χ4v) is 10.5. The van der Waals surface area contributed by atoms with Crippen LogP contribution in [0.2, 0.25) is 0 Å². The average molecular weight is 700 g/mol. The van der Waals surface area contributed by atoms with Crippen LogP contribution in [0.15, 0.2) is 188 Å². The highest BCUT2D eigenvalue weighted by molar-refractivity contribution is 6.14. The van der Waals surface area contributed by atoms with Gasteiger partial charge in [0, 0.05) is 22.2 Å². The Labute approximate surface area is 321 Å². The zero-order chi connectivity index (χ0) is 36.5. The predicted molar refractivity (Wildman–Crippen MR) is 230 cm³/mol. The van der Waals surface area contributed by atoms with Crippen LogP contribution in [0.4, 0.5) is 17.1 Å². The average Bonchev–Trinajstić information content (AvgIpc) is 3.46. The van der Waals surface area contributed by atoms with Crippen molar-refractivity contribution in [3.05, 3.63) is 221 Å². The van der Waals surface area contributed by atoms with Crippen LogP contribution in [-0.2, 0) is 10.8 Å². The molecule has 1 nitrogen and oxygen atoms in total. The second-order valence-electron chi connectivity index (χ2n) is 16.0. The third kappa shape index (κ3) is 3.97. The minimum Gasteiger partial charge on any atom is -0.310 e. The summed E-state index contributed by atoms with van der Waals surface area (Å²) in [5, 5.41) is 5.42. The van der Waals surface area contributed by atoms with Crippen molar-refractivity contribution in [2.75, 3.05) is 4.90 Å². The lowest BCUT2D eigenvalue weighted by Crippen LogP contribution is -2.43. The third-order valence-corrected chi connectivity index (χ3v) is 13.0. The van der Waals surface area contributed by atoms with E-state index in [1.54, 1.807) is 0 Å². The summed E-state index contributed by atoms with van der Waals surface area (Å²) in [6.45, 7) is 4.72. The lowest BCUT2D eigenvalue weighted by atomic mass is 9.49. The molecule has 0 heterocycles. The molecule has 0 aliphatic heterocycles. The van der Waals surface area contributed by atoms with Crippen LogP contribution in [0, 0.1) is 0 Å². The van der Waals surface area contributed by atoms with Crippen molar-refractivity contribution in [3.8, 4) is 33.4 Å². The summed E-state index contributed by atoms with van der Waals surface area (Å²) < 4.78 is 0. The van der Waals surface area contributed by atoms with Crippen molar-refractivity contribution in [1.29, 1.82) is 0 Å². The van der Waals surface area contributed by atoms with Crippen molar-refractivity contribution < 1.29 is 0 Å². The topological polar surface area (TPSA) is 3.24 Å². The van der Waals surface area contributed by atoms with Crippen LogP contribution >= 0.6 is 0 Å². The summed E-state index contributed by atoms with van der Waals surface area (Å²) >= 11 is 0. The van der Waals surface area contributed by atoms with Gasteiger partial charge in [0.1, 0.15) is 0 Å². The second-order valence-corrected chi connectivity index (χ2v) is 16.0. The Morgan fingerprint density at radius 3 is 1.75 bits per heavy atom. The van der Waals surface area contributed by atoms with Crippen LogP contribution in [0.25, 0.3) is 54.9 Å². The van der Waals surface area contributed by atoms with E-state index in [4.69, 9.17) is 0 Å². The number of anilines is 3. The summed E-state index contributed by atoms with van der Waals surface area (Å²) in [5.41, 5.74) is 19.4. The molecule has 0 fully saturated rings. The first-order valence-electron chi connectivity index (χ1n) is 19.4. The fraction of sp³-hybridized carbons (Fsp3) is 0.0741. The fourth-order valence-electron chi connectivity index (χ4n) is 10.5. The van der Waals surface area contributed by atoms with E-state index < -0.39 is 0 Å². The molecule has 1 heteroatoms. The largest absolute Gasteiger partial charge is 0.310 e. The molecule has 9 aromatic rings. The van der Waals surface area contributed by atoms with Gasteiger partial charge in [-0.3, -0.25) is 0 Å². The van der Waals surface area contributed by atoms with Gasteiger partial charge in [0.05, 0.1) is 11.1 Å².